The minimum absolute atomic E-state index is 0.474. The van der Waals surface area contributed by atoms with Crippen molar-refractivity contribution in [1.82, 2.24) is 4.90 Å². The number of alkyl halides is 3. The average molecular weight is 408 g/mol. The Bertz CT molecular complexity index is 790. The van der Waals surface area contributed by atoms with Crippen LogP contribution < -0.4 is 9.64 Å². The zero-order chi connectivity index (χ0) is 20.9. The first kappa shape index (κ1) is 21.5. The maximum atomic E-state index is 13.2. The van der Waals surface area contributed by atoms with E-state index >= 15 is 0 Å². The highest BCUT2D eigenvalue weighted by Crippen LogP contribution is 2.33. The highest BCUT2D eigenvalue weighted by molar-refractivity contribution is 5.49. The van der Waals surface area contributed by atoms with Crippen LogP contribution in [0.1, 0.15) is 23.7 Å². The van der Waals surface area contributed by atoms with E-state index in [0.29, 0.717) is 30.9 Å². The van der Waals surface area contributed by atoms with E-state index in [1.54, 1.807) is 6.07 Å². The van der Waals surface area contributed by atoms with Gasteiger partial charge in [-0.1, -0.05) is 18.2 Å². The van der Waals surface area contributed by atoms with Gasteiger partial charge in [0.05, 0.1) is 18.8 Å². The molecule has 1 saturated heterocycles. The Morgan fingerprint density at radius 1 is 1.07 bits per heavy atom. The summed E-state index contributed by atoms with van der Waals surface area (Å²) in [7, 11) is 3.86. The molecular weight excluding hydrogens is 381 g/mol. The lowest BCUT2D eigenvalue weighted by Gasteiger charge is -2.29. The molecule has 1 unspecified atom stereocenters. The molecule has 0 spiro atoms. The SMILES string of the molecule is CN(C)c1cccc(OC(CCN2CCOCC2)c2cccc(C(F)(F)F)c2)c1. The Hall–Kier alpha value is -2.25. The zero-order valence-electron chi connectivity index (χ0n) is 16.8. The van der Waals surface area contributed by atoms with Gasteiger partial charge >= 0.3 is 6.18 Å². The summed E-state index contributed by atoms with van der Waals surface area (Å²) in [4.78, 5) is 4.21. The third-order valence-electron chi connectivity index (χ3n) is 5.01. The third kappa shape index (κ3) is 6.11. The number of hydrogen-bond donors (Lipinski definition) is 0. The van der Waals surface area contributed by atoms with Gasteiger partial charge in [-0.05, 0) is 29.8 Å². The Labute approximate surface area is 169 Å². The van der Waals surface area contributed by atoms with Crippen molar-refractivity contribution in [3.8, 4) is 5.75 Å². The van der Waals surface area contributed by atoms with E-state index in [-0.39, 0.29) is 0 Å². The van der Waals surface area contributed by atoms with Gasteiger partial charge < -0.3 is 14.4 Å². The minimum Gasteiger partial charge on any atom is -0.486 e. The van der Waals surface area contributed by atoms with E-state index < -0.39 is 17.8 Å². The van der Waals surface area contributed by atoms with Crippen LogP contribution in [0.25, 0.3) is 0 Å². The fraction of sp³-hybridized carbons (Fsp3) is 0.455. The van der Waals surface area contributed by atoms with Crippen molar-refractivity contribution in [1.29, 1.82) is 0 Å². The number of benzene rings is 2. The molecule has 0 N–H and O–H groups in total. The van der Waals surface area contributed by atoms with Crippen molar-refractivity contribution in [2.24, 2.45) is 0 Å². The molecule has 1 atom stereocenters. The van der Waals surface area contributed by atoms with Crippen LogP contribution in [0.2, 0.25) is 0 Å². The predicted molar refractivity (Wildman–Crippen MR) is 107 cm³/mol. The number of halogens is 3. The minimum atomic E-state index is -4.38. The summed E-state index contributed by atoms with van der Waals surface area (Å²) in [6, 6.07) is 13.0. The van der Waals surface area contributed by atoms with Gasteiger partial charge in [-0.3, -0.25) is 4.90 Å². The molecule has 1 fully saturated rings. The topological polar surface area (TPSA) is 24.9 Å². The molecule has 0 amide bonds. The van der Waals surface area contributed by atoms with Crippen LogP contribution >= 0.6 is 0 Å². The lowest BCUT2D eigenvalue weighted by Crippen LogP contribution is -2.37. The molecule has 2 aromatic rings. The molecule has 0 saturated carbocycles. The Kier molecular flexibility index (Phi) is 7.03. The summed E-state index contributed by atoms with van der Waals surface area (Å²) in [5.74, 6) is 0.639. The van der Waals surface area contributed by atoms with Crippen molar-refractivity contribution in [3.05, 3.63) is 59.7 Å². The standard InChI is InChI=1S/C22H27F3N2O2/c1-26(2)19-7-4-8-20(16-19)29-21(9-10-27-11-13-28-14-12-27)17-5-3-6-18(15-17)22(23,24)25/h3-8,15-16,21H,9-14H2,1-2H3. The number of rotatable bonds is 7. The fourth-order valence-corrected chi connectivity index (χ4v) is 3.33. The Morgan fingerprint density at radius 3 is 2.48 bits per heavy atom. The van der Waals surface area contributed by atoms with Crippen molar-refractivity contribution in [3.63, 3.8) is 0 Å². The second kappa shape index (κ2) is 9.50. The van der Waals surface area contributed by atoms with Gasteiger partial charge in [0.2, 0.25) is 0 Å². The lowest BCUT2D eigenvalue weighted by atomic mass is 10.0. The van der Waals surface area contributed by atoms with Crippen LogP contribution in [-0.4, -0.2) is 51.8 Å². The van der Waals surface area contributed by atoms with E-state index in [1.807, 2.05) is 43.3 Å². The van der Waals surface area contributed by atoms with Crippen molar-refractivity contribution in [2.45, 2.75) is 18.7 Å². The number of ether oxygens (including phenoxy) is 2. The molecular formula is C22H27F3N2O2. The maximum Gasteiger partial charge on any atom is 0.416 e. The van der Waals surface area contributed by atoms with Gasteiger partial charge in [0.25, 0.3) is 0 Å². The molecule has 4 nitrogen and oxygen atoms in total. The number of hydrogen-bond acceptors (Lipinski definition) is 4. The zero-order valence-corrected chi connectivity index (χ0v) is 16.8. The van der Waals surface area contributed by atoms with Crippen molar-refractivity contribution >= 4 is 5.69 Å². The number of nitrogens with zero attached hydrogens (tertiary/aromatic N) is 2. The first-order valence-electron chi connectivity index (χ1n) is 9.74. The monoisotopic (exact) mass is 408 g/mol. The van der Waals surface area contributed by atoms with Crippen LogP contribution in [0.15, 0.2) is 48.5 Å². The predicted octanol–water partition coefficient (Wildman–Crippen LogP) is 4.61. The first-order chi connectivity index (χ1) is 13.8. The molecule has 1 aliphatic rings. The highest BCUT2D eigenvalue weighted by atomic mass is 19.4. The first-order valence-corrected chi connectivity index (χ1v) is 9.74. The van der Waals surface area contributed by atoms with Gasteiger partial charge in [-0.15, -0.1) is 0 Å². The summed E-state index contributed by atoms with van der Waals surface area (Å²) >= 11 is 0. The summed E-state index contributed by atoms with van der Waals surface area (Å²) < 4.78 is 51.2. The van der Waals surface area contributed by atoms with Gasteiger partial charge in [0, 0.05) is 51.9 Å². The van der Waals surface area contributed by atoms with Crippen LogP contribution in [0.4, 0.5) is 18.9 Å². The smallest absolute Gasteiger partial charge is 0.416 e. The second-order valence-corrected chi connectivity index (χ2v) is 7.36. The molecule has 1 heterocycles. The summed E-state index contributed by atoms with van der Waals surface area (Å²) in [6.07, 6.45) is -4.26. The Morgan fingerprint density at radius 2 is 1.79 bits per heavy atom. The molecule has 7 heteroatoms. The van der Waals surface area contributed by atoms with Crippen LogP contribution in [-0.2, 0) is 10.9 Å². The Balaban J connectivity index is 1.82. The van der Waals surface area contributed by atoms with E-state index in [0.717, 1.165) is 31.4 Å². The highest BCUT2D eigenvalue weighted by Gasteiger charge is 2.31. The summed E-state index contributed by atoms with van der Waals surface area (Å²) in [5.41, 5.74) is 0.846. The van der Waals surface area contributed by atoms with E-state index in [4.69, 9.17) is 9.47 Å². The molecule has 2 aromatic carbocycles. The third-order valence-corrected chi connectivity index (χ3v) is 5.01. The van der Waals surface area contributed by atoms with Crippen molar-refractivity contribution < 1.29 is 22.6 Å². The van der Waals surface area contributed by atoms with E-state index in [2.05, 4.69) is 4.90 Å². The summed E-state index contributed by atoms with van der Waals surface area (Å²) in [5, 5.41) is 0. The van der Waals surface area contributed by atoms with Gasteiger partial charge in [0.15, 0.2) is 0 Å². The van der Waals surface area contributed by atoms with Crippen LogP contribution in [0, 0.1) is 0 Å². The fourth-order valence-electron chi connectivity index (χ4n) is 3.33. The summed E-state index contributed by atoms with van der Waals surface area (Å²) in [6.45, 7) is 3.74. The molecule has 0 bridgehead atoms. The molecule has 0 radical (unpaired) electrons. The number of morpholine rings is 1. The normalized spacial score (nSPS) is 16.4. The van der Waals surface area contributed by atoms with Gasteiger partial charge in [-0.25, -0.2) is 0 Å². The van der Waals surface area contributed by atoms with Gasteiger partial charge in [-0.2, -0.15) is 13.2 Å². The van der Waals surface area contributed by atoms with Crippen LogP contribution in [0.5, 0.6) is 5.75 Å². The average Bonchev–Trinajstić information content (AvgIpc) is 2.71. The van der Waals surface area contributed by atoms with Gasteiger partial charge in [0.1, 0.15) is 11.9 Å². The number of anilines is 1. The quantitative estimate of drug-likeness (QED) is 0.668. The van der Waals surface area contributed by atoms with Crippen molar-refractivity contribution in [2.75, 3.05) is 51.8 Å². The maximum absolute atomic E-state index is 13.2. The molecule has 0 aliphatic carbocycles. The largest absolute Gasteiger partial charge is 0.486 e. The van der Waals surface area contributed by atoms with E-state index in [1.165, 1.54) is 12.1 Å². The molecule has 3 rings (SSSR count). The molecule has 29 heavy (non-hydrogen) atoms. The molecule has 158 valence electrons. The second-order valence-electron chi connectivity index (χ2n) is 7.36. The van der Waals surface area contributed by atoms with E-state index in [9.17, 15) is 13.2 Å². The molecule has 1 aliphatic heterocycles. The molecule has 0 aromatic heterocycles. The lowest BCUT2D eigenvalue weighted by molar-refractivity contribution is -0.137. The van der Waals surface area contributed by atoms with Crippen LogP contribution in [0.3, 0.4) is 0 Å².